The van der Waals surface area contributed by atoms with Crippen LogP contribution in [0.3, 0.4) is 0 Å². The zero-order valence-electron chi connectivity index (χ0n) is 10.2. The number of benzene rings is 1. The van der Waals surface area contributed by atoms with Gasteiger partial charge in [-0.25, -0.2) is 0 Å². The van der Waals surface area contributed by atoms with Gasteiger partial charge in [0.1, 0.15) is 0 Å². The molecule has 1 nitrogen and oxygen atoms in total. The maximum Gasteiger partial charge on any atom is 0.0326 e. The van der Waals surface area contributed by atoms with Crippen LogP contribution in [0.5, 0.6) is 0 Å². The summed E-state index contributed by atoms with van der Waals surface area (Å²) in [5.41, 5.74) is 2.99. The van der Waals surface area contributed by atoms with Crippen molar-refractivity contribution >= 4 is 27.3 Å². The van der Waals surface area contributed by atoms with Gasteiger partial charge in [-0.3, -0.25) is 0 Å². The molecule has 0 saturated carbocycles. The Morgan fingerprint density at radius 3 is 3.11 bits per heavy atom. The first kappa shape index (κ1) is 12.4. The molecule has 1 atom stereocenters. The molecule has 0 spiro atoms. The lowest BCUT2D eigenvalue weighted by atomic mass is 10.1. The molecule has 0 saturated heterocycles. The van der Waals surface area contributed by atoms with E-state index in [-0.39, 0.29) is 0 Å². The Morgan fingerprint density at radius 1 is 1.33 bits per heavy atom. The normalized spacial score (nSPS) is 17.9. The monoisotopic (exact) mass is 321 g/mol. The molecule has 0 amide bonds. The fourth-order valence-corrected chi connectivity index (χ4v) is 3.74. The second-order valence-electron chi connectivity index (χ2n) is 4.72. The van der Waals surface area contributed by atoms with E-state index in [1.54, 1.807) is 0 Å². The van der Waals surface area contributed by atoms with Crippen LogP contribution in [0.1, 0.15) is 28.5 Å². The van der Waals surface area contributed by atoms with Gasteiger partial charge in [0.15, 0.2) is 0 Å². The molecule has 1 N–H and O–H groups in total. The van der Waals surface area contributed by atoms with Crippen LogP contribution in [0.2, 0.25) is 0 Å². The Labute approximate surface area is 120 Å². The van der Waals surface area contributed by atoms with E-state index < -0.39 is 0 Å². The van der Waals surface area contributed by atoms with E-state index in [9.17, 15) is 0 Å². The van der Waals surface area contributed by atoms with Crippen molar-refractivity contribution in [3.63, 3.8) is 0 Å². The molecule has 0 radical (unpaired) electrons. The van der Waals surface area contributed by atoms with E-state index in [1.807, 2.05) is 11.3 Å². The van der Waals surface area contributed by atoms with Gasteiger partial charge < -0.3 is 5.32 Å². The van der Waals surface area contributed by atoms with Crippen molar-refractivity contribution in [1.82, 2.24) is 5.32 Å². The lowest BCUT2D eigenvalue weighted by Gasteiger charge is -2.13. The van der Waals surface area contributed by atoms with Crippen molar-refractivity contribution in [2.75, 3.05) is 6.54 Å². The number of nitrogens with one attached hydrogen (secondary N) is 1. The van der Waals surface area contributed by atoms with E-state index in [4.69, 9.17) is 0 Å². The van der Waals surface area contributed by atoms with Gasteiger partial charge in [-0.1, -0.05) is 28.1 Å². The third-order valence-corrected chi connectivity index (χ3v) is 4.95. The predicted molar refractivity (Wildman–Crippen MR) is 81.2 cm³/mol. The maximum atomic E-state index is 3.69. The summed E-state index contributed by atoms with van der Waals surface area (Å²) in [6.45, 7) is 1.07. The smallest absolute Gasteiger partial charge is 0.0326 e. The Kier molecular flexibility index (Phi) is 3.83. The summed E-state index contributed by atoms with van der Waals surface area (Å²) in [6, 6.07) is 11.6. The predicted octanol–water partition coefficient (Wildman–Crippen LogP) is 4.33. The molecule has 0 aliphatic heterocycles. The highest BCUT2D eigenvalue weighted by Crippen LogP contribution is 2.32. The highest BCUT2D eigenvalue weighted by molar-refractivity contribution is 9.10. The number of rotatable bonds is 4. The molecule has 1 aliphatic carbocycles. The highest BCUT2D eigenvalue weighted by Gasteiger charge is 2.21. The first-order valence-corrected chi connectivity index (χ1v) is 8.04. The van der Waals surface area contributed by atoms with Crippen molar-refractivity contribution in [1.29, 1.82) is 0 Å². The molecule has 1 aromatic carbocycles. The number of hydrogen-bond acceptors (Lipinski definition) is 2. The number of thiophene rings is 1. The number of aryl methyl sites for hydroxylation is 1. The maximum absolute atomic E-state index is 3.69. The zero-order chi connectivity index (χ0) is 12.4. The van der Waals surface area contributed by atoms with Crippen LogP contribution in [0.25, 0.3) is 0 Å². The number of halogens is 1. The van der Waals surface area contributed by atoms with Gasteiger partial charge in [0.25, 0.3) is 0 Å². The molecular formula is C15H16BrNS. The summed E-state index contributed by atoms with van der Waals surface area (Å²) in [6.07, 6.45) is 3.57. The van der Waals surface area contributed by atoms with E-state index in [2.05, 4.69) is 57.0 Å². The summed E-state index contributed by atoms with van der Waals surface area (Å²) in [5, 5.41) is 5.84. The first-order chi connectivity index (χ1) is 8.83. The number of hydrogen-bond donors (Lipinski definition) is 1. The average molecular weight is 322 g/mol. The molecule has 0 fully saturated rings. The van der Waals surface area contributed by atoms with Crippen LogP contribution < -0.4 is 5.32 Å². The number of fused-ring (bicyclic) bond motifs is 1. The lowest BCUT2D eigenvalue weighted by Crippen LogP contribution is -2.21. The van der Waals surface area contributed by atoms with Crippen LogP contribution in [-0.2, 0) is 12.8 Å². The van der Waals surface area contributed by atoms with Crippen LogP contribution in [0.4, 0.5) is 0 Å². The topological polar surface area (TPSA) is 12.0 Å². The molecule has 1 aromatic heterocycles. The Balaban J connectivity index is 1.59. The minimum Gasteiger partial charge on any atom is -0.310 e. The van der Waals surface area contributed by atoms with Crippen molar-refractivity contribution in [2.24, 2.45) is 0 Å². The molecule has 18 heavy (non-hydrogen) atoms. The SMILES string of the molecule is Brc1ccc2c(c1)CCC2NCCc1cccs1. The van der Waals surface area contributed by atoms with Crippen LogP contribution >= 0.6 is 27.3 Å². The molecule has 3 heteroatoms. The second kappa shape index (κ2) is 5.55. The second-order valence-corrected chi connectivity index (χ2v) is 6.67. The van der Waals surface area contributed by atoms with Gasteiger partial charge in [-0.05, 0) is 54.0 Å². The quantitative estimate of drug-likeness (QED) is 0.883. The van der Waals surface area contributed by atoms with E-state index >= 15 is 0 Å². The fraction of sp³-hybridized carbons (Fsp3) is 0.333. The van der Waals surface area contributed by atoms with Crippen molar-refractivity contribution < 1.29 is 0 Å². The Bertz CT molecular complexity index is 521. The van der Waals surface area contributed by atoms with Crippen molar-refractivity contribution in [2.45, 2.75) is 25.3 Å². The van der Waals surface area contributed by atoms with E-state index in [1.165, 1.54) is 33.3 Å². The summed E-state index contributed by atoms with van der Waals surface area (Å²) in [5.74, 6) is 0. The lowest BCUT2D eigenvalue weighted by molar-refractivity contribution is 0.535. The molecule has 3 rings (SSSR count). The largest absolute Gasteiger partial charge is 0.310 e. The Morgan fingerprint density at radius 2 is 2.28 bits per heavy atom. The van der Waals surface area contributed by atoms with E-state index in [0.717, 1.165) is 13.0 Å². The van der Waals surface area contributed by atoms with Gasteiger partial charge in [0, 0.05) is 21.9 Å². The standard InChI is InChI=1S/C15H16BrNS/c16-12-4-5-14-11(10-12)3-6-15(14)17-8-7-13-2-1-9-18-13/h1-2,4-5,9-10,15,17H,3,6-8H2. The van der Waals surface area contributed by atoms with Gasteiger partial charge >= 0.3 is 0 Å². The van der Waals surface area contributed by atoms with Crippen LogP contribution in [-0.4, -0.2) is 6.54 Å². The van der Waals surface area contributed by atoms with Gasteiger partial charge in [0.2, 0.25) is 0 Å². The summed E-state index contributed by atoms with van der Waals surface area (Å²) in [7, 11) is 0. The zero-order valence-corrected chi connectivity index (χ0v) is 12.6. The van der Waals surface area contributed by atoms with Gasteiger partial charge in [0.05, 0.1) is 0 Å². The summed E-state index contributed by atoms with van der Waals surface area (Å²) < 4.78 is 1.19. The summed E-state index contributed by atoms with van der Waals surface area (Å²) in [4.78, 5) is 1.47. The molecule has 94 valence electrons. The van der Waals surface area contributed by atoms with Gasteiger partial charge in [-0.15, -0.1) is 11.3 Å². The molecule has 0 bridgehead atoms. The molecule has 1 aliphatic rings. The first-order valence-electron chi connectivity index (χ1n) is 6.37. The van der Waals surface area contributed by atoms with E-state index in [0.29, 0.717) is 6.04 Å². The molecule has 1 unspecified atom stereocenters. The summed E-state index contributed by atoms with van der Waals surface area (Å²) >= 11 is 5.39. The molecule has 1 heterocycles. The molecular weight excluding hydrogens is 306 g/mol. The highest BCUT2D eigenvalue weighted by atomic mass is 79.9. The van der Waals surface area contributed by atoms with Gasteiger partial charge in [-0.2, -0.15) is 0 Å². The van der Waals surface area contributed by atoms with Crippen LogP contribution in [0.15, 0.2) is 40.2 Å². The average Bonchev–Trinajstić information content (AvgIpc) is 2.99. The minimum atomic E-state index is 0.549. The minimum absolute atomic E-state index is 0.549. The van der Waals surface area contributed by atoms with Crippen LogP contribution in [0, 0.1) is 0 Å². The Hall–Kier alpha value is -0.640. The van der Waals surface area contributed by atoms with Crippen molar-refractivity contribution in [3.8, 4) is 0 Å². The molecule has 2 aromatic rings. The third-order valence-electron chi connectivity index (χ3n) is 3.53. The fourth-order valence-electron chi connectivity index (χ4n) is 2.62. The van der Waals surface area contributed by atoms with Crippen molar-refractivity contribution in [3.05, 3.63) is 56.2 Å². The third kappa shape index (κ3) is 2.68.